The average molecular weight is 447 g/mol. The average Bonchev–Trinajstić information content (AvgIpc) is 2.74. The molecule has 1 aliphatic carbocycles. The van der Waals surface area contributed by atoms with E-state index in [2.05, 4.69) is 27.8 Å². The summed E-state index contributed by atoms with van der Waals surface area (Å²) in [7, 11) is -3.73. The SMILES string of the molecule is C[C@@H]1CCCC[C@@H]1NC(=S)NNC(=O)c1ccc(S(=O)(=O)Nc2ccccc2)cc1. The molecular weight excluding hydrogens is 420 g/mol. The van der Waals surface area contributed by atoms with E-state index in [1.54, 1.807) is 30.3 Å². The highest BCUT2D eigenvalue weighted by Crippen LogP contribution is 2.23. The lowest BCUT2D eigenvalue weighted by molar-refractivity contribution is 0.0943. The van der Waals surface area contributed by atoms with Crippen LogP contribution < -0.4 is 20.9 Å². The summed E-state index contributed by atoms with van der Waals surface area (Å²) in [5, 5.41) is 3.61. The van der Waals surface area contributed by atoms with Crippen molar-refractivity contribution >= 4 is 38.9 Å². The van der Waals surface area contributed by atoms with Gasteiger partial charge in [0, 0.05) is 17.3 Å². The summed E-state index contributed by atoms with van der Waals surface area (Å²) in [4.78, 5) is 12.4. The van der Waals surface area contributed by atoms with Gasteiger partial charge < -0.3 is 5.32 Å². The van der Waals surface area contributed by atoms with Crippen LogP contribution in [-0.2, 0) is 10.0 Å². The molecule has 0 spiro atoms. The summed E-state index contributed by atoms with van der Waals surface area (Å²) in [6.07, 6.45) is 4.64. The van der Waals surface area contributed by atoms with Crippen molar-refractivity contribution in [2.24, 2.45) is 5.92 Å². The van der Waals surface area contributed by atoms with Crippen LogP contribution in [0, 0.1) is 5.92 Å². The van der Waals surface area contributed by atoms with Crippen LogP contribution in [0.15, 0.2) is 59.5 Å². The van der Waals surface area contributed by atoms with E-state index in [-0.39, 0.29) is 4.90 Å². The lowest BCUT2D eigenvalue weighted by Crippen LogP contribution is -2.51. The van der Waals surface area contributed by atoms with Gasteiger partial charge in [0.25, 0.3) is 15.9 Å². The van der Waals surface area contributed by atoms with E-state index >= 15 is 0 Å². The van der Waals surface area contributed by atoms with Crippen molar-refractivity contribution < 1.29 is 13.2 Å². The van der Waals surface area contributed by atoms with Crippen molar-refractivity contribution in [3.8, 4) is 0 Å². The molecular formula is C21H26N4O3S2. The monoisotopic (exact) mass is 446 g/mol. The number of anilines is 1. The lowest BCUT2D eigenvalue weighted by atomic mass is 9.86. The molecule has 4 N–H and O–H groups in total. The second kappa shape index (κ2) is 9.90. The fourth-order valence-electron chi connectivity index (χ4n) is 3.43. The molecule has 0 bridgehead atoms. The zero-order valence-corrected chi connectivity index (χ0v) is 18.4. The van der Waals surface area contributed by atoms with Crippen molar-refractivity contribution in [3.63, 3.8) is 0 Å². The molecule has 0 unspecified atom stereocenters. The van der Waals surface area contributed by atoms with Gasteiger partial charge in [-0.2, -0.15) is 0 Å². The first kappa shape index (κ1) is 22.0. The molecule has 7 nitrogen and oxygen atoms in total. The van der Waals surface area contributed by atoms with Crippen molar-refractivity contribution in [1.82, 2.24) is 16.2 Å². The maximum atomic E-state index is 12.5. The minimum atomic E-state index is -3.73. The highest BCUT2D eigenvalue weighted by Gasteiger charge is 2.22. The Bertz CT molecular complexity index is 979. The van der Waals surface area contributed by atoms with Crippen LogP contribution >= 0.6 is 12.2 Å². The molecule has 0 saturated heterocycles. The number of nitrogens with one attached hydrogen (secondary N) is 4. The Balaban J connectivity index is 1.54. The van der Waals surface area contributed by atoms with E-state index in [1.165, 1.54) is 43.5 Å². The molecule has 0 aromatic heterocycles. The number of carbonyl (C=O) groups excluding carboxylic acids is 1. The molecule has 160 valence electrons. The summed E-state index contributed by atoms with van der Waals surface area (Å²) in [5.41, 5.74) is 6.04. The van der Waals surface area contributed by atoms with Crippen molar-refractivity contribution in [3.05, 3.63) is 60.2 Å². The van der Waals surface area contributed by atoms with E-state index in [0.29, 0.717) is 28.3 Å². The van der Waals surface area contributed by atoms with Crippen molar-refractivity contribution in [1.29, 1.82) is 0 Å². The van der Waals surface area contributed by atoms with E-state index < -0.39 is 15.9 Å². The number of amides is 1. The first-order valence-electron chi connectivity index (χ1n) is 9.90. The molecule has 0 heterocycles. The summed E-state index contributed by atoms with van der Waals surface area (Å²) in [5.74, 6) is 0.129. The maximum absolute atomic E-state index is 12.5. The molecule has 0 aliphatic heterocycles. The van der Waals surface area contributed by atoms with Crippen LogP contribution in [0.3, 0.4) is 0 Å². The predicted octanol–water partition coefficient (Wildman–Crippen LogP) is 3.18. The van der Waals surface area contributed by atoms with Crippen LogP contribution in [0.1, 0.15) is 43.0 Å². The number of hydrogen-bond acceptors (Lipinski definition) is 4. The smallest absolute Gasteiger partial charge is 0.269 e. The molecule has 1 saturated carbocycles. The van der Waals surface area contributed by atoms with E-state index in [4.69, 9.17) is 12.2 Å². The van der Waals surface area contributed by atoms with Gasteiger partial charge in [0.15, 0.2) is 5.11 Å². The molecule has 2 aromatic carbocycles. The van der Waals surface area contributed by atoms with E-state index in [1.807, 2.05) is 0 Å². The largest absolute Gasteiger partial charge is 0.358 e. The van der Waals surface area contributed by atoms with E-state index in [9.17, 15) is 13.2 Å². The lowest BCUT2D eigenvalue weighted by Gasteiger charge is -2.30. The third-order valence-electron chi connectivity index (χ3n) is 5.17. The van der Waals surface area contributed by atoms with Gasteiger partial charge >= 0.3 is 0 Å². The molecule has 2 aromatic rings. The molecule has 30 heavy (non-hydrogen) atoms. The Kier molecular flexibility index (Phi) is 7.28. The summed E-state index contributed by atoms with van der Waals surface area (Å²) < 4.78 is 27.4. The topological polar surface area (TPSA) is 99.3 Å². The number of para-hydroxylation sites is 1. The van der Waals surface area contributed by atoms with Gasteiger partial charge in [0.2, 0.25) is 0 Å². The fraction of sp³-hybridized carbons (Fsp3) is 0.333. The minimum absolute atomic E-state index is 0.0688. The summed E-state index contributed by atoms with van der Waals surface area (Å²) in [6.45, 7) is 2.19. The quantitative estimate of drug-likeness (QED) is 0.416. The van der Waals surface area contributed by atoms with E-state index in [0.717, 1.165) is 6.42 Å². The number of carbonyl (C=O) groups is 1. The van der Waals surface area contributed by atoms with Gasteiger partial charge in [-0.1, -0.05) is 38.0 Å². The Morgan fingerprint density at radius 3 is 2.30 bits per heavy atom. The number of hydrogen-bond donors (Lipinski definition) is 4. The normalized spacial score (nSPS) is 18.8. The zero-order chi connectivity index (χ0) is 21.6. The Morgan fingerprint density at radius 2 is 1.63 bits per heavy atom. The number of benzene rings is 2. The second-order valence-electron chi connectivity index (χ2n) is 7.42. The Hall–Kier alpha value is -2.65. The number of hydrazine groups is 1. The molecule has 1 amide bonds. The zero-order valence-electron chi connectivity index (χ0n) is 16.7. The molecule has 1 fully saturated rings. The molecule has 0 radical (unpaired) electrons. The standard InChI is InChI=1S/C21H26N4O3S2/c1-15-7-5-6-10-19(15)22-21(29)24-23-20(26)16-11-13-18(14-12-16)30(27,28)25-17-8-3-2-4-9-17/h2-4,8-9,11-15,19,25H,5-7,10H2,1H3,(H,23,26)(H2,22,24,29)/t15-,19+/m1/s1. The van der Waals surface area contributed by atoms with Gasteiger partial charge in [-0.3, -0.25) is 20.4 Å². The number of thiocarbonyl (C=S) groups is 1. The first-order chi connectivity index (χ1) is 14.3. The van der Waals surface area contributed by atoms with Gasteiger partial charge in [0.05, 0.1) is 4.90 Å². The third-order valence-corrected chi connectivity index (χ3v) is 6.79. The van der Waals surface area contributed by atoms with Crippen LogP contribution in [0.4, 0.5) is 5.69 Å². The summed E-state index contributed by atoms with van der Waals surface area (Å²) >= 11 is 5.26. The number of rotatable bonds is 5. The molecule has 9 heteroatoms. The van der Waals surface area contributed by atoms with Crippen LogP contribution in [-0.4, -0.2) is 25.5 Å². The van der Waals surface area contributed by atoms with Crippen LogP contribution in [0.2, 0.25) is 0 Å². The van der Waals surface area contributed by atoms with Crippen LogP contribution in [0.5, 0.6) is 0 Å². The highest BCUT2D eigenvalue weighted by atomic mass is 32.2. The van der Waals surface area contributed by atoms with Gasteiger partial charge in [0.1, 0.15) is 0 Å². The third kappa shape index (κ3) is 5.93. The molecule has 3 rings (SSSR count). The number of sulfonamides is 1. The maximum Gasteiger partial charge on any atom is 0.269 e. The molecule has 2 atom stereocenters. The molecule has 1 aliphatic rings. The van der Waals surface area contributed by atoms with Crippen molar-refractivity contribution in [2.45, 2.75) is 43.5 Å². The Labute approximate surface area is 182 Å². The predicted molar refractivity (Wildman–Crippen MR) is 121 cm³/mol. The first-order valence-corrected chi connectivity index (χ1v) is 11.8. The van der Waals surface area contributed by atoms with Gasteiger partial charge in [-0.15, -0.1) is 0 Å². The second-order valence-corrected chi connectivity index (χ2v) is 9.51. The van der Waals surface area contributed by atoms with Crippen molar-refractivity contribution in [2.75, 3.05) is 4.72 Å². The van der Waals surface area contributed by atoms with Gasteiger partial charge in [-0.05, 0) is 67.4 Å². The fourth-order valence-corrected chi connectivity index (χ4v) is 4.69. The summed E-state index contributed by atoms with van der Waals surface area (Å²) in [6, 6.07) is 14.6. The van der Waals surface area contributed by atoms with Crippen LogP contribution in [0.25, 0.3) is 0 Å². The Morgan fingerprint density at radius 1 is 0.967 bits per heavy atom. The highest BCUT2D eigenvalue weighted by molar-refractivity contribution is 7.92. The van der Waals surface area contributed by atoms with Gasteiger partial charge in [-0.25, -0.2) is 8.42 Å². The minimum Gasteiger partial charge on any atom is -0.358 e.